The molecule has 142 valence electrons. The highest BCUT2D eigenvalue weighted by Crippen LogP contribution is 2.40. The van der Waals surface area contributed by atoms with Crippen molar-refractivity contribution in [3.8, 4) is 0 Å². The number of hydrogen-bond donors (Lipinski definition) is 0. The summed E-state index contributed by atoms with van der Waals surface area (Å²) in [6.45, 7) is 4.40. The second kappa shape index (κ2) is 6.92. The summed E-state index contributed by atoms with van der Waals surface area (Å²) in [6.07, 6.45) is 5.38. The average Bonchev–Trinajstić information content (AvgIpc) is 3.49. The molecule has 3 aliphatic rings. The molecular formula is C19H23N5O3. The van der Waals surface area contributed by atoms with E-state index in [2.05, 4.69) is 20.0 Å². The molecular weight excluding hydrogens is 346 g/mol. The molecule has 0 unspecified atom stereocenters. The van der Waals surface area contributed by atoms with Crippen LogP contribution < -0.4 is 4.90 Å². The molecule has 0 spiro atoms. The Bertz CT molecular complexity index is 842. The lowest BCUT2D eigenvalue weighted by Gasteiger charge is -2.29. The second-order valence-electron chi connectivity index (χ2n) is 7.40. The van der Waals surface area contributed by atoms with E-state index in [-0.39, 0.29) is 5.91 Å². The number of morpholine rings is 1. The Morgan fingerprint density at radius 2 is 1.89 bits per heavy atom. The molecule has 8 heteroatoms. The summed E-state index contributed by atoms with van der Waals surface area (Å²) in [7, 11) is 0. The zero-order valence-electron chi connectivity index (χ0n) is 15.3. The molecule has 0 atom stereocenters. The van der Waals surface area contributed by atoms with Crippen LogP contribution in [0.1, 0.15) is 46.3 Å². The molecule has 8 nitrogen and oxygen atoms in total. The predicted molar refractivity (Wildman–Crippen MR) is 96.9 cm³/mol. The van der Waals surface area contributed by atoms with Crippen LogP contribution in [0.15, 0.2) is 16.9 Å². The van der Waals surface area contributed by atoms with Gasteiger partial charge in [0, 0.05) is 50.1 Å². The van der Waals surface area contributed by atoms with E-state index in [0.717, 1.165) is 74.8 Å². The van der Waals surface area contributed by atoms with Crippen molar-refractivity contribution in [2.24, 2.45) is 0 Å². The first-order valence-electron chi connectivity index (χ1n) is 9.71. The number of fused-ring (bicyclic) bond motifs is 1. The van der Waals surface area contributed by atoms with E-state index in [1.165, 1.54) is 0 Å². The Kier molecular flexibility index (Phi) is 4.27. The molecule has 2 aliphatic heterocycles. The quantitative estimate of drug-likeness (QED) is 0.809. The maximum absolute atomic E-state index is 12.9. The smallest absolute Gasteiger partial charge is 0.276 e. The van der Waals surface area contributed by atoms with Crippen molar-refractivity contribution in [3.05, 3.63) is 35.1 Å². The third-order valence-corrected chi connectivity index (χ3v) is 5.59. The topological polar surface area (TPSA) is 84.6 Å². The number of carbonyl (C=O) groups is 1. The maximum Gasteiger partial charge on any atom is 0.276 e. The summed E-state index contributed by atoms with van der Waals surface area (Å²) in [5, 5.41) is 4.01. The SMILES string of the molecule is O=C(c1cc(C2CC2)on1)N1CCc2ncnc(N3CCOCC3)c2CC1. The van der Waals surface area contributed by atoms with Gasteiger partial charge in [0.05, 0.1) is 18.9 Å². The molecule has 1 saturated heterocycles. The molecule has 2 aromatic heterocycles. The minimum Gasteiger partial charge on any atom is -0.378 e. The lowest BCUT2D eigenvalue weighted by atomic mass is 10.1. The van der Waals surface area contributed by atoms with E-state index in [4.69, 9.17) is 9.26 Å². The maximum atomic E-state index is 12.9. The Morgan fingerprint density at radius 3 is 2.70 bits per heavy atom. The molecule has 2 fully saturated rings. The van der Waals surface area contributed by atoms with Crippen LogP contribution in [0.25, 0.3) is 0 Å². The van der Waals surface area contributed by atoms with E-state index in [1.807, 2.05) is 11.0 Å². The molecule has 4 heterocycles. The van der Waals surface area contributed by atoms with Gasteiger partial charge in [-0.25, -0.2) is 9.97 Å². The Hall–Kier alpha value is -2.48. The fourth-order valence-electron chi connectivity index (χ4n) is 3.87. The number of hydrogen-bond acceptors (Lipinski definition) is 7. The number of amides is 1. The molecule has 0 radical (unpaired) electrons. The first-order chi connectivity index (χ1) is 13.3. The Morgan fingerprint density at radius 1 is 1.07 bits per heavy atom. The molecule has 2 aromatic rings. The number of anilines is 1. The highest BCUT2D eigenvalue weighted by atomic mass is 16.5. The van der Waals surface area contributed by atoms with Gasteiger partial charge in [0.15, 0.2) is 5.69 Å². The zero-order valence-corrected chi connectivity index (χ0v) is 15.3. The molecule has 0 N–H and O–H groups in total. The number of ether oxygens (including phenoxy) is 1. The van der Waals surface area contributed by atoms with E-state index < -0.39 is 0 Å². The highest BCUT2D eigenvalue weighted by molar-refractivity contribution is 5.92. The average molecular weight is 369 g/mol. The van der Waals surface area contributed by atoms with Crippen LogP contribution >= 0.6 is 0 Å². The van der Waals surface area contributed by atoms with Crippen LogP contribution in [0.3, 0.4) is 0 Å². The van der Waals surface area contributed by atoms with Gasteiger partial charge in [-0.2, -0.15) is 0 Å². The van der Waals surface area contributed by atoms with Crippen molar-refractivity contribution in [1.82, 2.24) is 20.0 Å². The van der Waals surface area contributed by atoms with Crippen molar-refractivity contribution < 1.29 is 14.1 Å². The van der Waals surface area contributed by atoms with Gasteiger partial charge in [-0.3, -0.25) is 4.79 Å². The summed E-state index contributed by atoms with van der Waals surface area (Å²) in [5.41, 5.74) is 2.62. The van der Waals surface area contributed by atoms with Crippen LogP contribution in [-0.2, 0) is 17.6 Å². The van der Waals surface area contributed by atoms with Crippen molar-refractivity contribution in [2.45, 2.75) is 31.6 Å². The predicted octanol–water partition coefficient (Wildman–Crippen LogP) is 1.42. The number of rotatable bonds is 3. The van der Waals surface area contributed by atoms with E-state index in [1.54, 1.807) is 6.33 Å². The molecule has 0 bridgehead atoms. The van der Waals surface area contributed by atoms with Crippen molar-refractivity contribution >= 4 is 11.7 Å². The van der Waals surface area contributed by atoms with Crippen molar-refractivity contribution in [2.75, 3.05) is 44.3 Å². The first kappa shape index (κ1) is 16.7. The molecule has 1 aliphatic carbocycles. The zero-order chi connectivity index (χ0) is 18.2. The fraction of sp³-hybridized carbons (Fsp3) is 0.579. The van der Waals surface area contributed by atoms with Gasteiger partial charge in [0.25, 0.3) is 5.91 Å². The van der Waals surface area contributed by atoms with Gasteiger partial charge in [-0.05, 0) is 19.3 Å². The Balaban J connectivity index is 1.33. The third-order valence-electron chi connectivity index (χ3n) is 5.59. The Labute approximate surface area is 157 Å². The number of nitrogens with zero attached hydrogens (tertiary/aromatic N) is 5. The standard InChI is InChI=1S/C19H23N5O3/c25-19(16-11-17(27-22-16)13-1-2-13)24-5-3-14-15(4-6-24)20-12-21-18(14)23-7-9-26-10-8-23/h11-13H,1-10H2. The van der Waals surface area contributed by atoms with E-state index >= 15 is 0 Å². The normalized spacial score (nSPS) is 20.3. The van der Waals surface area contributed by atoms with Gasteiger partial charge < -0.3 is 19.1 Å². The van der Waals surface area contributed by atoms with E-state index in [9.17, 15) is 4.79 Å². The van der Waals surface area contributed by atoms with Crippen molar-refractivity contribution in [3.63, 3.8) is 0 Å². The van der Waals surface area contributed by atoms with Crippen LogP contribution in [0.4, 0.5) is 5.82 Å². The lowest BCUT2D eigenvalue weighted by Crippen LogP contribution is -2.37. The largest absolute Gasteiger partial charge is 0.378 e. The number of aromatic nitrogens is 3. The summed E-state index contributed by atoms with van der Waals surface area (Å²) >= 11 is 0. The number of carbonyl (C=O) groups excluding carboxylic acids is 1. The third kappa shape index (κ3) is 3.29. The monoisotopic (exact) mass is 369 g/mol. The fourth-order valence-corrected chi connectivity index (χ4v) is 3.87. The van der Waals surface area contributed by atoms with Gasteiger partial charge in [-0.1, -0.05) is 5.16 Å². The molecule has 27 heavy (non-hydrogen) atoms. The van der Waals surface area contributed by atoms with Gasteiger partial charge in [0.1, 0.15) is 17.9 Å². The summed E-state index contributed by atoms with van der Waals surface area (Å²) in [5.74, 6) is 2.24. The minimum absolute atomic E-state index is 0.0562. The summed E-state index contributed by atoms with van der Waals surface area (Å²) < 4.78 is 10.8. The van der Waals surface area contributed by atoms with Crippen LogP contribution in [-0.4, -0.2) is 65.3 Å². The second-order valence-corrected chi connectivity index (χ2v) is 7.40. The molecule has 0 aromatic carbocycles. The lowest BCUT2D eigenvalue weighted by molar-refractivity contribution is 0.0752. The molecule has 1 saturated carbocycles. The molecule has 1 amide bonds. The van der Waals surface area contributed by atoms with Crippen molar-refractivity contribution in [1.29, 1.82) is 0 Å². The highest BCUT2D eigenvalue weighted by Gasteiger charge is 2.31. The van der Waals surface area contributed by atoms with Gasteiger partial charge in [-0.15, -0.1) is 0 Å². The van der Waals surface area contributed by atoms with Gasteiger partial charge >= 0.3 is 0 Å². The molecule has 5 rings (SSSR count). The van der Waals surface area contributed by atoms with Crippen LogP contribution in [0, 0.1) is 0 Å². The van der Waals surface area contributed by atoms with Crippen LogP contribution in [0.5, 0.6) is 0 Å². The van der Waals surface area contributed by atoms with Crippen LogP contribution in [0.2, 0.25) is 0 Å². The van der Waals surface area contributed by atoms with E-state index in [0.29, 0.717) is 24.7 Å². The summed E-state index contributed by atoms with van der Waals surface area (Å²) in [6, 6.07) is 1.82. The minimum atomic E-state index is -0.0562. The summed E-state index contributed by atoms with van der Waals surface area (Å²) in [4.78, 5) is 26.1. The first-order valence-corrected chi connectivity index (χ1v) is 9.71. The van der Waals surface area contributed by atoms with Gasteiger partial charge in [0.2, 0.25) is 0 Å².